The van der Waals surface area contributed by atoms with Gasteiger partial charge in [0, 0.05) is 17.2 Å². The SMILES string of the molecule is C=C=C=C=C=C=C(C=C=C=C=C=C)C(=C=C=C=C=C)C(C)C. The third-order valence-corrected chi connectivity index (χ3v) is 2.07. The molecule has 0 aromatic heterocycles. The molecule has 0 heteroatoms. The molecule has 0 atom stereocenters. The molecule has 0 N–H and O–H groups in total. The first-order valence-electron chi connectivity index (χ1n) is 6.33. The van der Waals surface area contributed by atoms with E-state index in [9.17, 15) is 0 Å². The molecule has 102 valence electrons. The first kappa shape index (κ1) is 18.4. The van der Waals surface area contributed by atoms with Crippen LogP contribution < -0.4 is 0 Å². The van der Waals surface area contributed by atoms with Gasteiger partial charge in [0.2, 0.25) is 0 Å². The summed E-state index contributed by atoms with van der Waals surface area (Å²) in [5.74, 6) is 0.166. The fraction of sp³-hybridized carbons (Fsp3) is 0.136. The van der Waals surface area contributed by atoms with Gasteiger partial charge < -0.3 is 0 Å². The molecule has 0 aliphatic heterocycles. The van der Waals surface area contributed by atoms with E-state index in [-0.39, 0.29) is 5.92 Å². The third kappa shape index (κ3) is 8.46. The summed E-state index contributed by atoms with van der Waals surface area (Å²) < 4.78 is 0. The van der Waals surface area contributed by atoms with Crippen LogP contribution in [0, 0.1) is 5.92 Å². The normalized spacial score (nSPS) is 6.14. The van der Waals surface area contributed by atoms with Crippen molar-refractivity contribution in [2.75, 3.05) is 0 Å². The van der Waals surface area contributed by atoms with E-state index < -0.39 is 0 Å². The Morgan fingerprint density at radius 2 is 1.27 bits per heavy atom. The van der Waals surface area contributed by atoms with Gasteiger partial charge in [0.15, 0.2) is 0 Å². The van der Waals surface area contributed by atoms with E-state index in [1.54, 1.807) is 6.08 Å². The maximum absolute atomic E-state index is 3.42. The minimum Gasteiger partial charge on any atom is -0.0687 e. The van der Waals surface area contributed by atoms with Crippen molar-refractivity contribution in [1.29, 1.82) is 0 Å². The molecule has 0 unspecified atom stereocenters. The third-order valence-electron chi connectivity index (χ3n) is 2.07. The summed E-state index contributed by atoms with van der Waals surface area (Å²) in [5, 5.41) is 0. The number of hydrogen-bond donors (Lipinski definition) is 0. The van der Waals surface area contributed by atoms with Gasteiger partial charge in [-0.2, -0.15) is 0 Å². The second-order valence-electron chi connectivity index (χ2n) is 3.93. The lowest BCUT2D eigenvalue weighted by atomic mass is 9.96. The lowest BCUT2D eigenvalue weighted by Gasteiger charge is -2.05. The van der Waals surface area contributed by atoms with Crippen molar-refractivity contribution in [3.63, 3.8) is 0 Å². The molecule has 0 aromatic carbocycles. The molecule has 0 fully saturated rings. The van der Waals surface area contributed by atoms with Crippen molar-refractivity contribution in [3.05, 3.63) is 111 Å². The van der Waals surface area contributed by atoms with E-state index in [2.05, 4.69) is 94.2 Å². The van der Waals surface area contributed by atoms with Crippen LogP contribution in [0.5, 0.6) is 0 Å². The van der Waals surface area contributed by atoms with Crippen molar-refractivity contribution >= 4 is 0 Å². The quantitative estimate of drug-likeness (QED) is 0.506. The van der Waals surface area contributed by atoms with Crippen LogP contribution >= 0.6 is 0 Å². The largest absolute Gasteiger partial charge is 0.0687 e. The van der Waals surface area contributed by atoms with Crippen LogP contribution in [0.15, 0.2) is 111 Å². The molecule has 22 heavy (non-hydrogen) atoms. The molecule has 0 saturated heterocycles. The molecular weight excluding hydrogens is 264 g/mol. The summed E-state index contributed by atoms with van der Waals surface area (Å²) in [6, 6.07) is 0. The highest BCUT2D eigenvalue weighted by atomic mass is 14.1. The Labute approximate surface area is 131 Å². The van der Waals surface area contributed by atoms with Gasteiger partial charge in [0.1, 0.15) is 0 Å². The maximum atomic E-state index is 3.42. The summed E-state index contributed by atoms with van der Waals surface area (Å²) in [5.41, 5.74) is 36.1. The second-order valence-corrected chi connectivity index (χ2v) is 3.93. The minimum absolute atomic E-state index is 0.166. The Morgan fingerprint density at radius 3 is 1.86 bits per heavy atom. The van der Waals surface area contributed by atoms with Gasteiger partial charge >= 0.3 is 0 Å². The van der Waals surface area contributed by atoms with E-state index in [1.807, 2.05) is 13.8 Å². The molecule has 0 rings (SSSR count). The highest BCUT2D eigenvalue weighted by molar-refractivity contribution is 5.39. The molecule has 0 heterocycles. The summed E-state index contributed by atoms with van der Waals surface area (Å²) >= 11 is 0. The molecule has 0 aromatic rings. The molecule has 0 aliphatic carbocycles. The summed E-state index contributed by atoms with van der Waals surface area (Å²) in [6.45, 7) is 14.2. The highest BCUT2D eigenvalue weighted by Crippen LogP contribution is 2.17. The van der Waals surface area contributed by atoms with E-state index in [0.29, 0.717) is 5.57 Å². The molecule has 0 radical (unpaired) electrons. The van der Waals surface area contributed by atoms with Gasteiger partial charge in [-0.3, -0.25) is 0 Å². The average Bonchev–Trinajstić information content (AvgIpc) is 2.50. The number of hydrogen-bond acceptors (Lipinski definition) is 0. The van der Waals surface area contributed by atoms with Crippen molar-refractivity contribution in [2.24, 2.45) is 5.92 Å². The van der Waals surface area contributed by atoms with Gasteiger partial charge in [-0.25, -0.2) is 0 Å². The lowest BCUT2D eigenvalue weighted by molar-refractivity contribution is 0.785. The number of rotatable bonds is 3. The average molecular weight is 278 g/mol. The summed E-state index contributed by atoms with van der Waals surface area (Å²) in [7, 11) is 0. The summed E-state index contributed by atoms with van der Waals surface area (Å²) in [6.07, 6.45) is 1.66. The minimum atomic E-state index is 0.166. The smallest absolute Gasteiger partial charge is 0.0457 e. The van der Waals surface area contributed by atoms with Gasteiger partial charge in [0.25, 0.3) is 0 Å². The Hall–Kier alpha value is -3.64. The van der Waals surface area contributed by atoms with E-state index in [1.165, 1.54) is 0 Å². The molecule has 0 aliphatic rings. The Kier molecular flexibility index (Phi) is 10.3. The molecule has 0 spiro atoms. The molecule has 0 amide bonds. The van der Waals surface area contributed by atoms with Crippen molar-refractivity contribution in [3.8, 4) is 0 Å². The van der Waals surface area contributed by atoms with Crippen molar-refractivity contribution in [1.82, 2.24) is 0 Å². The van der Waals surface area contributed by atoms with Crippen LogP contribution in [0.4, 0.5) is 0 Å². The Morgan fingerprint density at radius 1 is 0.727 bits per heavy atom. The molecule has 0 nitrogen and oxygen atoms in total. The Balaban J connectivity index is 6.87. The zero-order valence-electron chi connectivity index (χ0n) is 12.8. The highest BCUT2D eigenvalue weighted by Gasteiger charge is 2.06. The van der Waals surface area contributed by atoms with Crippen LogP contribution in [-0.4, -0.2) is 0 Å². The van der Waals surface area contributed by atoms with Gasteiger partial charge in [-0.05, 0) is 65.8 Å². The monoisotopic (exact) mass is 278 g/mol. The second kappa shape index (κ2) is 12.4. The van der Waals surface area contributed by atoms with Crippen molar-refractivity contribution < 1.29 is 0 Å². The first-order chi connectivity index (χ1) is 10.7. The summed E-state index contributed by atoms with van der Waals surface area (Å²) in [4.78, 5) is 0. The molecule has 0 saturated carbocycles. The first-order valence-corrected chi connectivity index (χ1v) is 6.33. The van der Waals surface area contributed by atoms with Gasteiger partial charge in [-0.15, -0.1) is 0 Å². The fourth-order valence-electron chi connectivity index (χ4n) is 1.21. The van der Waals surface area contributed by atoms with Crippen LogP contribution in [-0.2, 0) is 0 Å². The van der Waals surface area contributed by atoms with Gasteiger partial charge in [-0.1, -0.05) is 48.2 Å². The van der Waals surface area contributed by atoms with Crippen LogP contribution in [0.25, 0.3) is 0 Å². The number of allylic oxidation sites excluding steroid dienone is 3. The molecule has 0 bridgehead atoms. The van der Waals surface area contributed by atoms with Crippen LogP contribution in [0.1, 0.15) is 13.8 Å². The predicted molar refractivity (Wildman–Crippen MR) is 89.0 cm³/mol. The zero-order chi connectivity index (χ0) is 16.6. The van der Waals surface area contributed by atoms with Crippen LogP contribution in [0.2, 0.25) is 0 Å². The maximum Gasteiger partial charge on any atom is 0.0457 e. The lowest BCUT2D eigenvalue weighted by Crippen LogP contribution is -1.94. The standard InChI is InChI=1S/C22H14/c1-6-9-12-15-17-21(18-16-13-10-7-2)22(20(4)5)19-14-11-8-3/h17,20H,1-3H2,4-5H3. The molecular formula is C22H14. The predicted octanol–water partition coefficient (Wildman–Crippen LogP) is 4.96. The topological polar surface area (TPSA) is 0 Å². The van der Waals surface area contributed by atoms with E-state index in [0.717, 1.165) is 5.57 Å². The van der Waals surface area contributed by atoms with Crippen molar-refractivity contribution in [2.45, 2.75) is 13.8 Å². The van der Waals surface area contributed by atoms with E-state index >= 15 is 0 Å². The fourth-order valence-corrected chi connectivity index (χ4v) is 1.21. The Bertz CT molecular complexity index is 942. The van der Waals surface area contributed by atoms with Gasteiger partial charge in [0.05, 0.1) is 0 Å². The van der Waals surface area contributed by atoms with Crippen LogP contribution in [0.3, 0.4) is 0 Å². The zero-order valence-corrected chi connectivity index (χ0v) is 12.8. The van der Waals surface area contributed by atoms with E-state index in [4.69, 9.17) is 0 Å².